The summed E-state index contributed by atoms with van der Waals surface area (Å²) in [6.07, 6.45) is 3.38. The first-order chi connectivity index (χ1) is 16.3. The van der Waals surface area contributed by atoms with Crippen LogP contribution in [-0.4, -0.2) is 61.8 Å². The standard InChI is InChI=1S/C21H22N6O5S2/c1-11(2)32-25-14(13-10-34-21(22)23-13)17(28)24-15-18(29)27-16(20(30)31)12(9-33-19(15)27)8-26-6-4-3-5-7-26/h3-7,10-11,15,19H,8-9H2,1-2H3,(H3-,22,23,24,28,30,31)/p+1/t15?,19-/m1/s1. The number of carbonyl (C=O) groups excluding carboxylic acids is 2. The number of hydrogen-bond donors (Lipinski definition) is 3. The Balaban J connectivity index is 1.53. The third kappa shape index (κ3) is 4.75. The molecule has 2 aromatic rings. The maximum absolute atomic E-state index is 13.0. The molecule has 1 saturated heterocycles. The molecule has 11 nitrogen and oxygen atoms in total. The minimum Gasteiger partial charge on any atom is -0.477 e. The van der Waals surface area contributed by atoms with Crippen LogP contribution in [0.3, 0.4) is 0 Å². The van der Waals surface area contributed by atoms with Gasteiger partial charge < -0.3 is 21.0 Å². The number of hydrogen-bond acceptors (Lipinski definition) is 9. The summed E-state index contributed by atoms with van der Waals surface area (Å²) >= 11 is 2.54. The van der Waals surface area contributed by atoms with Crippen LogP contribution in [0.25, 0.3) is 0 Å². The lowest BCUT2D eigenvalue weighted by atomic mass is 10.0. The van der Waals surface area contributed by atoms with Gasteiger partial charge in [0, 0.05) is 28.8 Å². The summed E-state index contributed by atoms with van der Waals surface area (Å²) in [7, 11) is 0. The highest BCUT2D eigenvalue weighted by Gasteiger charge is 2.54. The number of fused-ring (bicyclic) bond motifs is 1. The van der Waals surface area contributed by atoms with Gasteiger partial charge in [-0.25, -0.2) is 14.3 Å². The summed E-state index contributed by atoms with van der Waals surface area (Å²) < 4.78 is 1.85. The maximum atomic E-state index is 13.0. The van der Waals surface area contributed by atoms with Crippen LogP contribution in [0.5, 0.6) is 0 Å². The lowest BCUT2D eigenvalue weighted by molar-refractivity contribution is -0.689. The Bertz CT molecular complexity index is 1180. The van der Waals surface area contributed by atoms with Crippen molar-refractivity contribution in [3.05, 3.63) is 52.9 Å². The predicted molar refractivity (Wildman–Crippen MR) is 126 cm³/mol. The Morgan fingerprint density at radius 1 is 1.38 bits per heavy atom. The quantitative estimate of drug-likeness (QED) is 0.205. The van der Waals surface area contributed by atoms with Crippen LogP contribution in [0.2, 0.25) is 0 Å². The Hall–Kier alpha value is -3.45. The molecule has 0 aliphatic carbocycles. The highest BCUT2D eigenvalue weighted by Crippen LogP contribution is 2.40. The second-order valence-electron chi connectivity index (χ2n) is 7.83. The number of carbonyl (C=O) groups is 3. The summed E-state index contributed by atoms with van der Waals surface area (Å²) in [6.45, 7) is 3.86. The molecule has 4 N–H and O–H groups in total. The van der Waals surface area contributed by atoms with Gasteiger partial charge in [0.15, 0.2) is 29.8 Å². The predicted octanol–water partition coefficient (Wildman–Crippen LogP) is 0.581. The topological polar surface area (TPSA) is 151 Å². The van der Waals surface area contributed by atoms with Gasteiger partial charge in [-0.2, -0.15) is 0 Å². The number of thiazole rings is 1. The average Bonchev–Trinajstić information content (AvgIpc) is 3.23. The number of nitrogens with one attached hydrogen (secondary N) is 1. The molecule has 2 atom stereocenters. The van der Waals surface area contributed by atoms with Crippen molar-refractivity contribution < 1.29 is 28.9 Å². The number of aliphatic carboxylic acids is 1. The number of nitrogens with two attached hydrogens (primary N) is 1. The number of amides is 2. The normalized spacial score (nSPS) is 20.1. The summed E-state index contributed by atoms with van der Waals surface area (Å²) in [4.78, 5) is 48.6. The SMILES string of the molecule is CC(C)ON=C(C(=O)NC1C(=O)N2C(C(=O)O)=C(C[n+]3ccccc3)CS[C@H]12)c1csc(N)n1. The number of β-lactam (4-membered cyclic amide) rings is 1. The number of nitrogen functional groups attached to an aromatic ring is 1. The highest BCUT2D eigenvalue weighted by atomic mass is 32.2. The summed E-state index contributed by atoms with van der Waals surface area (Å²) in [6, 6.07) is 4.65. The Kier molecular flexibility index (Phi) is 6.84. The smallest absolute Gasteiger partial charge is 0.352 e. The Labute approximate surface area is 203 Å². The molecular formula is C21H23N6O5S2+. The molecule has 1 fully saturated rings. The van der Waals surface area contributed by atoms with Gasteiger partial charge in [0.25, 0.3) is 11.8 Å². The van der Waals surface area contributed by atoms with Crippen LogP contribution >= 0.6 is 23.1 Å². The zero-order valence-corrected chi connectivity index (χ0v) is 20.0. The van der Waals surface area contributed by atoms with Gasteiger partial charge in [0.1, 0.15) is 28.9 Å². The zero-order valence-electron chi connectivity index (χ0n) is 18.4. The molecule has 2 aliphatic rings. The molecule has 0 bridgehead atoms. The van der Waals surface area contributed by atoms with Crippen molar-refractivity contribution in [1.82, 2.24) is 15.2 Å². The van der Waals surface area contributed by atoms with Gasteiger partial charge in [-0.05, 0) is 13.8 Å². The van der Waals surface area contributed by atoms with E-state index in [1.165, 1.54) is 16.7 Å². The van der Waals surface area contributed by atoms with E-state index in [-0.39, 0.29) is 28.3 Å². The van der Waals surface area contributed by atoms with Crippen molar-refractivity contribution in [2.24, 2.45) is 5.16 Å². The van der Waals surface area contributed by atoms with Crippen LogP contribution in [0.4, 0.5) is 5.13 Å². The van der Waals surface area contributed by atoms with Crippen molar-refractivity contribution in [1.29, 1.82) is 0 Å². The number of rotatable bonds is 8. The fraction of sp³-hybridized carbons (Fsp3) is 0.333. The van der Waals surface area contributed by atoms with Gasteiger partial charge in [-0.3, -0.25) is 14.5 Å². The number of pyridine rings is 1. The minimum atomic E-state index is -1.18. The summed E-state index contributed by atoms with van der Waals surface area (Å²) in [5, 5.41) is 17.7. The average molecular weight is 504 g/mol. The first kappa shape index (κ1) is 23.7. The number of carboxylic acids is 1. The third-order valence-corrected chi connectivity index (χ3v) is 7.04. The highest BCUT2D eigenvalue weighted by molar-refractivity contribution is 8.00. The van der Waals surface area contributed by atoms with Crippen molar-refractivity contribution in [3.8, 4) is 0 Å². The van der Waals surface area contributed by atoms with Crippen LogP contribution in [0, 0.1) is 0 Å². The summed E-state index contributed by atoms with van der Waals surface area (Å²) in [5.41, 5.74) is 6.39. The molecule has 13 heteroatoms. The van der Waals surface area contributed by atoms with E-state index in [4.69, 9.17) is 10.6 Å². The molecule has 178 valence electrons. The number of anilines is 1. The van der Waals surface area contributed by atoms with E-state index in [0.717, 1.165) is 11.3 Å². The van der Waals surface area contributed by atoms with E-state index in [2.05, 4.69) is 15.5 Å². The van der Waals surface area contributed by atoms with Crippen LogP contribution in [0.15, 0.2) is 52.4 Å². The number of aromatic nitrogens is 2. The lowest BCUT2D eigenvalue weighted by Crippen LogP contribution is -2.71. The fourth-order valence-corrected chi connectivity index (χ4v) is 5.42. The molecule has 2 aromatic heterocycles. The largest absolute Gasteiger partial charge is 0.477 e. The Morgan fingerprint density at radius 3 is 2.74 bits per heavy atom. The molecule has 0 radical (unpaired) electrons. The monoisotopic (exact) mass is 503 g/mol. The van der Waals surface area contributed by atoms with Gasteiger partial charge in [0.05, 0.1) is 0 Å². The minimum absolute atomic E-state index is 0.0418. The van der Waals surface area contributed by atoms with Gasteiger partial charge in [-0.1, -0.05) is 11.2 Å². The van der Waals surface area contributed by atoms with Crippen molar-refractivity contribution in [3.63, 3.8) is 0 Å². The molecule has 0 spiro atoms. The number of thioether (sulfide) groups is 1. The van der Waals surface area contributed by atoms with E-state index in [1.807, 2.05) is 35.2 Å². The van der Waals surface area contributed by atoms with Gasteiger partial charge in [0.2, 0.25) is 0 Å². The van der Waals surface area contributed by atoms with Gasteiger partial charge in [-0.15, -0.1) is 23.1 Å². The molecular weight excluding hydrogens is 480 g/mol. The second kappa shape index (κ2) is 9.81. The van der Waals surface area contributed by atoms with Crippen molar-refractivity contribution in [2.45, 2.75) is 37.9 Å². The lowest BCUT2D eigenvalue weighted by Gasteiger charge is -2.49. The number of carboxylic acid groups (broad SMARTS) is 1. The van der Waals surface area contributed by atoms with Crippen molar-refractivity contribution in [2.75, 3.05) is 11.5 Å². The van der Waals surface area contributed by atoms with E-state index >= 15 is 0 Å². The van der Waals surface area contributed by atoms with E-state index in [0.29, 0.717) is 17.9 Å². The molecule has 4 rings (SSSR count). The summed E-state index contributed by atoms with van der Waals surface area (Å²) in [5.74, 6) is -1.93. The molecule has 4 heterocycles. The molecule has 0 saturated carbocycles. The molecule has 2 amide bonds. The second-order valence-corrected chi connectivity index (χ2v) is 9.83. The zero-order chi connectivity index (χ0) is 24.4. The van der Waals surface area contributed by atoms with E-state index in [1.54, 1.807) is 19.2 Å². The first-order valence-electron chi connectivity index (χ1n) is 10.4. The fourth-order valence-electron chi connectivity index (χ4n) is 3.53. The van der Waals surface area contributed by atoms with Crippen LogP contribution < -0.4 is 15.6 Å². The number of nitrogens with zero attached hydrogens (tertiary/aromatic N) is 4. The van der Waals surface area contributed by atoms with Crippen LogP contribution in [-0.2, 0) is 25.8 Å². The maximum Gasteiger partial charge on any atom is 0.352 e. The Morgan fingerprint density at radius 2 is 2.12 bits per heavy atom. The molecule has 34 heavy (non-hydrogen) atoms. The van der Waals surface area contributed by atoms with E-state index < -0.39 is 29.2 Å². The van der Waals surface area contributed by atoms with Crippen molar-refractivity contribution >= 4 is 51.7 Å². The molecule has 0 aromatic carbocycles. The molecule has 2 aliphatic heterocycles. The molecule has 1 unspecified atom stereocenters. The first-order valence-corrected chi connectivity index (χ1v) is 12.3. The van der Waals surface area contributed by atoms with Crippen LogP contribution in [0.1, 0.15) is 19.5 Å². The van der Waals surface area contributed by atoms with Gasteiger partial charge >= 0.3 is 5.97 Å². The number of oxime groups is 1. The third-order valence-electron chi connectivity index (χ3n) is 5.02. The van der Waals surface area contributed by atoms with E-state index in [9.17, 15) is 19.5 Å².